The fourth-order valence-electron chi connectivity index (χ4n) is 6.58. The molecule has 0 radical (unpaired) electrons. The fourth-order valence-corrected chi connectivity index (χ4v) is 8.59. The second-order valence-electron chi connectivity index (χ2n) is 9.94. The minimum atomic E-state index is -0.641. The normalized spacial score (nSPS) is 30.6. The van der Waals surface area contributed by atoms with E-state index in [2.05, 4.69) is 10.3 Å². The third kappa shape index (κ3) is 4.05. The van der Waals surface area contributed by atoms with E-state index in [1.807, 2.05) is 36.9 Å². The zero-order chi connectivity index (χ0) is 22.5. The van der Waals surface area contributed by atoms with Gasteiger partial charge in [-0.1, -0.05) is 11.8 Å². The number of benzene rings is 1. The molecule has 1 aromatic heterocycles. The van der Waals surface area contributed by atoms with Crippen LogP contribution in [0, 0.1) is 17.3 Å². The lowest BCUT2D eigenvalue weighted by molar-refractivity contribution is -0.174. The monoisotopic (exact) mass is 473 g/mol. The Morgan fingerprint density at radius 1 is 1.22 bits per heavy atom. The average molecular weight is 474 g/mol. The molecule has 2 unspecified atom stereocenters. The molecular formula is C24H31N3O3S2. The molecule has 172 valence electrons. The summed E-state index contributed by atoms with van der Waals surface area (Å²) in [4.78, 5) is 32.1. The Kier molecular flexibility index (Phi) is 5.75. The molecule has 0 spiro atoms. The van der Waals surface area contributed by atoms with E-state index in [0.717, 1.165) is 59.0 Å². The quantitative estimate of drug-likeness (QED) is 0.578. The van der Waals surface area contributed by atoms with E-state index in [1.165, 1.54) is 18.2 Å². The van der Waals surface area contributed by atoms with Gasteiger partial charge in [-0.3, -0.25) is 9.59 Å². The van der Waals surface area contributed by atoms with Crippen LogP contribution in [0.25, 0.3) is 10.2 Å². The van der Waals surface area contributed by atoms with Crippen molar-refractivity contribution in [2.24, 2.45) is 17.3 Å². The molecular weight excluding hydrogens is 442 g/mol. The number of aromatic nitrogens is 1. The molecule has 2 aromatic rings. The van der Waals surface area contributed by atoms with Crippen LogP contribution in [-0.4, -0.2) is 51.2 Å². The first-order valence-corrected chi connectivity index (χ1v) is 13.5. The molecule has 2 atom stereocenters. The van der Waals surface area contributed by atoms with Crippen molar-refractivity contribution in [1.29, 1.82) is 0 Å². The second-order valence-corrected chi connectivity index (χ2v) is 12.2. The van der Waals surface area contributed by atoms with E-state index in [-0.39, 0.29) is 11.8 Å². The number of amides is 2. The molecule has 2 N–H and O–H groups in total. The number of anilines is 1. The molecule has 6 rings (SSSR count). The Hall–Kier alpha value is -1.64. The third-order valence-electron chi connectivity index (χ3n) is 7.57. The summed E-state index contributed by atoms with van der Waals surface area (Å²) in [6, 6.07) is 5.83. The molecule has 0 saturated heterocycles. The Bertz CT molecular complexity index is 1030. The van der Waals surface area contributed by atoms with Crippen LogP contribution in [0.2, 0.25) is 0 Å². The van der Waals surface area contributed by atoms with Crippen LogP contribution in [-0.2, 0) is 9.59 Å². The van der Waals surface area contributed by atoms with Crippen molar-refractivity contribution >= 4 is 50.8 Å². The molecule has 1 aromatic carbocycles. The second kappa shape index (κ2) is 8.29. The van der Waals surface area contributed by atoms with Crippen molar-refractivity contribution in [2.45, 2.75) is 62.3 Å². The van der Waals surface area contributed by atoms with E-state index in [0.29, 0.717) is 24.0 Å². The lowest BCUT2D eigenvalue weighted by atomic mass is 9.47. The zero-order valence-electron chi connectivity index (χ0n) is 18.7. The summed E-state index contributed by atoms with van der Waals surface area (Å²) in [5.74, 6) is 1.54. The van der Waals surface area contributed by atoms with E-state index in [1.54, 1.807) is 11.3 Å². The van der Waals surface area contributed by atoms with Gasteiger partial charge in [0.1, 0.15) is 0 Å². The minimum Gasteiger partial charge on any atom is -0.390 e. The highest BCUT2D eigenvalue weighted by Gasteiger charge is 2.60. The van der Waals surface area contributed by atoms with E-state index in [9.17, 15) is 14.7 Å². The van der Waals surface area contributed by atoms with Gasteiger partial charge >= 0.3 is 0 Å². The van der Waals surface area contributed by atoms with Gasteiger partial charge in [-0.25, -0.2) is 4.98 Å². The number of hydrogen-bond donors (Lipinski definition) is 2. The molecule has 2 amide bonds. The minimum absolute atomic E-state index is 0.0632. The molecule has 4 aliphatic rings. The first kappa shape index (κ1) is 22.2. The van der Waals surface area contributed by atoms with Gasteiger partial charge in [0, 0.05) is 18.8 Å². The number of rotatable bonds is 7. The fraction of sp³-hybridized carbons (Fsp3) is 0.625. The zero-order valence-corrected chi connectivity index (χ0v) is 20.4. The predicted octanol–water partition coefficient (Wildman–Crippen LogP) is 4.53. The summed E-state index contributed by atoms with van der Waals surface area (Å²) in [5.41, 5.74) is 0.602. The average Bonchev–Trinajstić information content (AvgIpc) is 3.13. The van der Waals surface area contributed by atoms with Crippen LogP contribution in [0.15, 0.2) is 22.5 Å². The number of thioether (sulfide) groups is 1. The summed E-state index contributed by atoms with van der Waals surface area (Å²) < 4.78 is 1.87. The molecule has 32 heavy (non-hydrogen) atoms. The number of aliphatic hydroxyl groups is 1. The van der Waals surface area contributed by atoms with Crippen LogP contribution in [0.1, 0.15) is 52.4 Å². The van der Waals surface area contributed by atoms with Gasteiger partial charge in [-0.2, -0.15) is 0 Å². The topological polar surface area (TPSA) is 82.5 Å². The highest BCUT2D eigenvalue weighted by atomic mass is 32.2. The van der Waals surface area contributed by atoms with Crippen LogP contribution in [0.4, 0.5) is 5.69 Å². The Morgan fingerprint density at radius 2 is 1.94 bits per heavy atom. The molecule has 4 saturated carbocycles. The summed E-state index contributed by atoms with van der Waals surface area (Å²) in [7, 11) is 0. The van der Waals surface area contributed by atoms with Crippen LogP contribution in [0.5, 0.6) is 0 Å². The maximum absolute atomic E-state index is 13.4. The number of nitrogens with one attached hydrogen (secondary N) is 1. The van der Waals surface area contributed by atoms with Crippen LogP contribution >= 0.6 is 23.1 Å². The number of hydrogen-bond acceptors (Lipinski definition) is 6. The number of thiazole rings is 1. The first-order chi connectivity index (χ1) is 15.3. The van der Waals surface area contributed by atoms with Gasteiger partial charge in [-0.05, 0) is 82.4 Å². The predicted molar refractivity (Wildman–Crippen MR) is 129 cm³/mol. The highest BCUT2D eigenvalue weighted by Crippen LogP contribution is 2.61. The highest BCUT2D eigenvalue weighted by molar-refractivity contribution is 8.01. The van der Waals surface area contributed by atoms with Crippen molar-refractivity contribution in [3.8, 4) is 0 Å². The molecule has 4 fully saturated rings. The number of fused-ring (bicyclic) bond motifs is 1. The van der Waals surface area contributed by atoms with E-state index in [4.69, 9.17) is 0 Å². The van der Waals surface area contributed by atoms with Gasteiger partial charge in [-0.15, -0.1) is 11.3 Å². The van der Waals surface area contributed by atoms with Crippen molar-refractivity contribution in [3.05, 3.63) is 18.2 Å². The standard InChI is InChI=1S/C24H31N3O3S2/c1-3-27(4-2)20(28)13-31-22-26-18-6-5-17(8-19(18)32-22)25-21(29)23-9-15-7-16(10-23)12-24(30,11-15)14-23/h5-6,8,15-16,30H,3-4,7,9-14H2,1-2H3,(H,25,29). The molecule has 0 aliphatic heterocycles. The SMILES string of the molecule is CCN(CC)C(=O)CSc1nc2ccc(NC(=O)C34CC5CC(CC(O)(C5)C3)C4)cc2s1. The lowest BCUT2D eigenvalue weighted by Crippen LogP contribution is -2.59. The summed E-state index contributed by atoms with van der Waals surface area (Å²) in [6.07, 6.45) is 5.30. The van der Waals surface area contributed by atoms with Gasteiger partial charge in [0.15, 0.2) is 4.34 Å². The number of nitrogens with zero attached hydrogens (tertiary/aromatic N) is 2. The van der Waals surface area contributed by atoms with Crippen LogP contribution < -0.4 is 5.32 Å². The van der Waals surface area contributed by atoms with Gasteiger partial charge in [0.05, 0.1) is 27.0 Å². The smallest absolute Gasteiger partial charge is 0.232 e. The molecule has 6 nitrogen and oxygen atoms in total. The molecule has 8 heteroatoms. The van der Waals surface area contributed by atoms with E-state index < -0.39 is 11.0 Å². The molecule has 4 bridgehead atoms. The van der Waals surface area contributed by atoms with Crippen molar-refractivity contribution < 1.29 is 14.7 Å². The number of carbonyl (C=O) groups excluding carboxylic acids is 2. The first-order valence-electron chi connectivity index (χ1n) is 11.7. The van der Waals surface area contributed by atoms with Crippen LogP contribution in [0.3, 0.4) is 0 Å². The lowest BCUT2D eigenvalue weighted by Gasteiger charge is -2.59. The van der Waals surface area contributed by atoms with Gasteiger partial charge in [0.2, 0.25) is 11.8 Å². The maximum atomic E-state index is 13.4. The van der Waals surface area contributed by atoms with Crippen molar-refractivity contribution in [2.75, 3.05) is 24.2 Å². The number of carbonyl (C=O) groups is 2. The molecule has 4 aliphatic carbocycles. The van der Waals surface area contributed by atoms with E-state index >= 15 is 0 Å². The summed E-state index contributed by atoms with van der Waals surface area (Å²) in [5, 5.41) is 14.1. The van der Waals surface area contributed by atoms with Crippen molar-refractivity contribution in [3.63, 3.8) is 0 Å². The Morgan fingerprint density at radius 3 is 2.59 bits per heavy atom. The maximum Gasteiger partial charge on any atom is 0.232 e. The Labute approximate surface area is 197 Å². The largest absolute Gasteiger partial charge is 0.390 e. The Balaban J connectivity index is 1.27. The van der Waals surface area contributed by atoms with Gasteiger partial charge < -0.3 is 15.3 Å². The molecule has 1 heterocycles. The summed E-state index contributed by atoms with van der Waals surface area (Å²) >= 11 is 3.03. The van der Waals surface area contributed by atoms with Crippen molar-refractivity contribution in [1.82, 2.24) is 9.88 Å². The summed E-state index contributed by atoms with van der Waals surface area (Å²) in [6.45, 7) is 5.42. The third-order valence-corrected chi connectivity index (χ3v) is 9.72. The van der Waals surface area contributed by atoms with Gasteiger partial charge in [0.25, 0.3) is 0 Å².